The van der Waals surface area contributed by atoms with Crippen molar-refractivity contribution in [3.8, 4) is 0 Å². The van der Waals surface area contributed by atoms with Gasteiger partial charge in [-0.2, -0.15) is 0 Å². The molecule has 2 rings (SSSR count). The molecule has 0 aromatic heterocycles. The van der Waals surface area contributed by atoms with Gasteiger partial charge in [-0.1, -0.05) is 12.1 Å². The molecule has 1 heterocycles. The van der Waals surface area contributed by atoms with Crippen molar-refractivity contribution in [1.82, 2.24) is 0 Å². The van der Waals surface area contributed by atoms with Gasteiger partial charge in [0, 0.05) is 0 Å². The van der Waals surface area contributed by atoms with E-state index in [0.29, 0.717) is 0 Å². The van der Waals surface area contributed by atoms with Crippen molar-refractivity contribution in [2.45, 2.75) is 25.0 Å². The van der Waals surface area contributed by atoms with Crippen LogP contribution in [0.4, 0.5) is 4.39 Å². The van der Waals surface area contributed by atoms with Crippen LogP contribution in [0.15, 0.2) is 24.3 Å². The van der Waals surface area contributed by atoms with Gasteiger partial charge >= 0.3 is 0 Å². The van der Waals surface area contributed by atoms with Crippen LogP contribution in [0.5, 0.6) is 0 Å². The molecule has 1 aromatic rings. The lowest BCUT2D eigenvalue weighted by molar-refractivity contribution is 0.0110. The average molecular weight is 196 g/mol. The molecule has 0 saturated carbocycles. The molecule has 1 saturated heterocycles. The van der Waals surface area contributed by atoms with E-state index < -0.39 is 0 Å². The summed E-state index contributed by atoms with van der Waals surface area (Å²) < 4.78 is 18.2. The number of rotatable bonds is 2. The SMILES string of the molecule is OCC1CCC(c2ccc(F)cc2)O1. The Balaban J connectivity index is 2.06. The second kappa shape index (κ2) is 4.07. The number of aliphatic hydroxyl groups excluding tert-OH is 1. The Morgan fingerprint density at radius 1 is 1.29 bits per heavy atom. The van der Waals surface area contributed by atoms with Crippen molar-refractivity contribution in [2.24, 2.45) is 0 Å². The summed E-state index contributed by atoms with van der Waals surface area (Å²) in [7, 11) is 0. The van der Waals surface area contributed by atoms with Crippen LogP contribution in [0, 0.1) is 5.82 Å². The monoisotopic (exact) mass is 196 g/mol. The molecule has 14 heavy (non-hydrogen) atoms. The summed E-state index contributed by atoms with van der Waals surface area (Å²) in [5.74, 6) is -0.231. The topological polar surface area (TPSA) is 29.5 Å². The lowest BCUT2D eigenvalue weighted by atomic mass is 10.1. The fourth-order valence-electron chi connectivity index (χ4n) is 1.76. The Labute approximate surface area is 82.3 Å². The van der Waals surface area contributed by atoms with Crippen molar-refractivity contribution >= 4 is 0 Å². The van der Waals surface area contributed by atoms with E-state index >= 15 is 0 Å². The molecule has 3 heteroatoms. The summed E-state index contributed by atoms with van der Waals surface area (Å²) in [6, 6.07) is 6.34. The quantitative estimate of drug-likeness (QED) is 0.784. The van der Waals surface area contributed by atoms with Crippen LogP contribution in [0.3, 0.4) is 0 Å². The highest BCUT2D eigenvalue weighted by molar-refractivity contribution is 5.19. The van der Waals surface area contributed by atoms with E-state index in [1.165, 1.54) is 12.1 Å². The first-order valence-corrected chi connectivity index (χ1v) is 4.81. The highest BCUT2D eigenvalue weighted by Gasteiger charge is 2.25. The van der Waals surface area contributed by atoms with Crippen LogP contribution in [0.25, 0.3) is 0 Å². The maximum atomic E-state index is 12.6. The first-order chi connectivity index (χ1) is 6.79. The number of hydrogen-bond acceptors (Lipinski definition) is 2. The molecule has 1 aliphatic heterocycles. The predicted octanol–water partition coefficient (Wildman–Crippen LogP) is 2.04. The minimum atomic E-state index is -0.231. The fourth-order valence-corrected chi connectivity index (χ4v) is 1.76. The number of halogens is 1. The summed E-state index contributed by atoms with van der Waals surface area (Å²) >= 11 is 0. The van der Waals surface area contributed by atoms with Crippen molar-refractivity contribution in [1.29, 1.82) is 0 Å². The van der Waals surface area contributed by atoms with Gasteiger partial charge in [0.05, 0.1) is 18.8 Å². The van der Waals surface area contributed by atoms with Gasteiger partial charge < -0.3 is 9.84 Å². The molecule has 2 nitrogen and oxygen atoms in total. The van der Waals surface area contributed by atoms with E-state index in [0.717, 1.165) is 18.4 Å². The second-order valence-corrected chi connectivity index (χ2v) is 3.56. The summed E-state index contributed by atoms with van der Waals surface area (Å²) in [5, 5.41) is 8.89. The molecule has 1 aromatic carbocycles. The number of aliphatic hydroxyl groups is 1. The van der Waals surface area contributed by atoms with E-state index in [1.807, 2.05) is 0 Å². The molecule has 0 radical (unpaired) electrons. The van der Waals surface area contributed by atoms with Gasteiger partial charge in [0.1, 0.15) is 5.82 Å². The number of hydrogen-bond donors (Lipinski definition) is 1. The highest BCUT2D eigenvalue weighted by atomic mass is 19.1. The smallest absolute Gasteiger partial charge is 0.123 e. The molecule has 2 atom stereocenters. The third-order valence-electron chi connectivity index (χ3n) is 2.55. The first kappa shape index (κ1) is 9.62. The molecule has 1 fully saturated rings. The third kappa shape index (κ3) is 1.94. The maximum Gasteiger partial charge on any atom is 0.123 e. The Morgan fingerprint density at radius 3 is 2.57 bits per heavy atom. The zero-order valence-electron chi connectivity index (χ0n) is 7.82. The van der Waals surface area contributed by atoms with Crippen molar-refractivity contribution < 1.29 is 14.2 Å². The van der Waals surface area contributed by atoms with E-state index in [2.05, 4.69) is 0 Å². The lowest BCUT2D eigenvalue weighted by Gasteiger charge is -2.11. The van der Waals surface area contributed by atoms with Crippen LogP contribution in [0.1, 0.15) is 24.5 Å². The van der Waals surface area contributed by atoms with Gasteiger partial charge in [-0.15, -0.1) is 0 Å². The van der Waals surface area contributed by atoms with Gasteiger partial charge in [-0.3, -0.25) is 0 Å². The van der Waals surface area contributed by atoms with Crippen LogP contribution in [-0.2, 0) is 4.74 Å². The molecule has 0 spiro atoms. The Hall–Kier alpha value is -0.930. The van der Waals surface area contributed by atoms with Crippen LogP contribution in [-0.4, -0.2) is 17.8 Å². The molecule has 1 N–H and O–H groups in total. The predicted molar refractivity (Wildman–Crippen MR) is 50.3 cm³/mol. The van der Waals surface area contributed by atoms with Gasteiger partial charge in [0.25, 0.3) is 0 Å². The van der Waals surface area contributed by atoms with E-state index in [-0.39, 0.29) is 24.6 Å². The molecule has 0 amide bonds. The summed E-state index contributed by atoms with van der Waals surface area (Å²) in [4.78, 5) is 0. The van der Waals surface area contributed by atoms with Gasteiger partial charge in [0.2, 0.25) is 0 Å². The normalized spacial score (nSPS) is 26.7. The van der Waals surface area contributed by atoms with Crippen LogP contribution < -0.4 is 0 Å². The standard InChI is InChI=1S/C11H13FO2/c12-9-3-1-8(2-4-9)11-6-5-10(7-13)14-11/h1-4,10-11,13H,5-7H2. The third-order valence-corrected chi connectivity index (χ3v) is 2.55. The zero-order valence-corrected chi connectivity index (χ0v) is 7.82. The average Bonchev–Trinajstić information content (AvgIpc) is 2.67. The minimum absolute atomic E-state index is 0.0211. The number of benzene rings is 1. The molecular weight excluding hydrogens is 183 g/mol. The molecule has 1 aliphatic rings. The molecule has 0 bridgehead atoms. The Morgan fingerprint density at radius 2 is 2.00 bits per heavy atom. The number of ether oxygens (including phenoxy) is 1. The summed E-state index contributed by atoms with van der Waals surface area (Å²) in [6.45, 7) is 0.0672. The molecular formula is C11H13FO2. The van der Waals surface area contributed by atoms with E-state index in [1.54, 1.807) is 12.1 Å². The van der Waals surface area contributed by atoms with Gasteiger partial charge in [0.15, 0.2) is 0 Å². The molecule has 0 aliphatic carbocycles. The summed E-state index contributed by atoms with van der Waals surface area (Å²) in [6.07, 6.45) is 1.74. The molecule has 76 valence electrons. The van der Waals surface area contributed by atoms with Gasteiger partial charge in [-0.25, -0.2) is 4.39 Å². The minimum Gasteiger partial charge on any atom is -0.394 e. The Kier molecular flexibility index (Phi) is 2.79. The summed E-state index contributed by atoms with van der Waals surface area (Å²) in [5.41, 5.74) is 0.988. The fraction of sp³-hybridized carbons (Fsp3) is 0.455. The van der Waals surface area contributed by atoms with Gasteiger partial charge in [-0.05, 0) is 30.5 Å². The highest BCUT2D eigenvalue weighted by Crippen LogP contribution is 2.32. The van der Waals surface area contributed by atoms with E-state index in [4.69, 9.17) is 9.84 Å². The first-order valence-electron chi connectivity index (χ1n) is 4.81. The Bertz CT molecular complexity index is 297. The maximum absolute atomic E-state index is 12.6. The van der Waals surface area contributed by atoms with Crippen LogP contribution >= 0.6 is 0 Å². The van der Waals surface area contributed by atoms with E-state index in [9.17, 15) is 4.39 Å². The van der Waals surface area contributed by atoms with Crippen LogP contribution in [0.2, 0.25) is 0 Å². The van der Waals surface area contributed by atoms with Crippen molar-refractivity contribution in [3.05, 3.63) is 35.6 Å². The van der Waals surface area contributed by atoms with Crippen molar-refractivity contribution in [2.75, 3.05) is 6.61 Å². The second-order valence-electron chi connectivity index (χ2n) is 3.56. The lowest BCUT2D eigenvalue weighted by Crippen LogP contribution is -2.10. The molecule has 2 unspecified atom stereocenters. The largest absolute Gasteiger partial charge is 0.394 e. The van der Waals surface area contributed by atoms with Crippen molar-refractivity contribution in [3.63, 3.8) is 0 Å². The zero-order chi connectivity index (χ0) is 9.97.